The molecular formula is C11H12N2. The highest BCUT2D eigenvalue weighted by molar-refractivity contribution is 5.38. The van der Waals surface area contributed by atoms with Gasteiger partial charge in [0.25, 0.3) is 0 Å². The number of nitrogens with one attached hydrogen (secondary N) is 1. The quantitative estimate of drug-likeness (QED) is 0.645. The van der Waals surface area contributed by atoms with Gasteiger partial charge in [0.05, 0.1) is 11.6 Å². The van der Waals surface area contributed by atoms with Crippen LogP contribution in [0.25, 0.3) is 0 Å². The van der Waals surface area contributed by atoms with Gasteiger partial charge in [-0.05, 0) is 42.6 Å². The predicted molar refractivity (Wildman–Crippen MR) is 51.2 cm³/mol. The molecule has 0 amide bonds. The molecule has 2 rings (SSSR count). The average Bonchev–Trinajstić information content (AvgIpc) is 2.41. The van der Waals surface area contributed by atoms with Crippen molar-refractivity contribution >= 4 is 0 Å². The molecule has 0 unspecified atom stereocenters. The molecule has 1 aromatic carbocycles. The van der Waals surface area contributed by atoms with E-state index in [1.165, 1.54) is 17.5 Å². The molecule has 0 spiro atoms. The van der Waals surface area contributed by atoms with Crippen LogP contribution >= 0.6 is 0 Å². The maximum absolute atomic E-state index is 8.74. The normalized spacial score (nSPS) is 15.6. The van der Waals surface area contributed by atoms with Crippen LogP contribution in [0.5, 0.6) is 0 Å². The van der Waals surface area contributed by atoms with Gasteiger partial charge in [0.15, 0.2) is 0 Å². The van der Waals surface area contributed by atoms with Gasteiger partial charge in [-0.2, -0.15) is 5.26 Å². The minimum atomic E-state index is 0.766. The first-order valence-electron chi connectivity index (χ1n) is 4.63. The fourth-order valence-electron chi connectivity index (χ4n) is 1.73. The highest BCUT2D eigenvalue weighted by Crippen LogP contribution is 2.15. The Bertz CT molecular complexity index is 350. The van der Waals surface area contributed by atoms with Gasteiger partial charge in [-0.15, -0.1) is 0 Å². The SMILES string of the molecule is N#Cc1ccc2c(c1)CNCCC2. The fourth-order valence-corrected chi connectivity index (χ4v) is 1.73. The van der Waals surface area contributed by atoms with Crippen LogP contribution in [-0.2, 0) is 13.0 Å². The number of rotatable bonds is 0. The van der Waals surface area contributed by atoms with Crippen LogP contribution in [0, 0.1) is 11.3 Å². The van der Waals surface area contributed by atoms with Crippen molar-refractivity contribution < 1.29 is 0 Å². The molecule has 0 saturated carbocycles. The van der Waals surface area contributed by atoms with E-state index in [1.54, 1.807) is 0 Å². The largest absolute Gasteiger partial charge is 0.313 e. The molecule has 1 aromatic rings. The van der Waals surface area contributed by atoms with Crippen LogP contribution in [0.3, 0.4) is 0 Å². The first kappa shape index (κ1) is 8.28. The van der Waals surface area contributed by atoms with E-state index in [0.29, 0.717) is 0 Å². The fraction of sp³-hybridized carbons (Fsp3) is 0.364. The molecule has 1 aliphatic heterocycles. The Hall–Kier alpha value is -1.33. The molecule has 66 valence electrons. The highest BCUT2D eigenvalue weighted by atomic mass is 14.8. The van der Waals surface area contributed by atoms with Gasteiger partial charge in [0.2, 0.25) is 0 Å². The van der Waals surface area contributed by atoms with E-state index in [2.05, 4.69) is 17.5 Å². The van der Waals surface area contributed by atoms with Gasteiger partial charge in [0, 0.05) is 6.54 Å². The molecule has 1 aliphatic rings. The molecule has 13 heavy (non-hydrogen) atoms. The zero-order chi connectivity index (χ0) is 9.10. The van der Waals surface area contributed by atoms with Crippen LogP contribution in [-0.4, -0.2) is 6.54 Å². The van der Waals surface area contributed by atoms with E-state index >= 15 is 0 Å². The summed E-state index contributed by atoms with van der Waals surface area (Å²) in [7, 11) is 0. The molecule has 1 heterocycles. The van der Waals surface area contributed by atoms with Crippen molar-refractivity contribution in [2.24, 2.45) is 0 Å². The summed E-state index contributed by atoms with van der Waals surface area (Å²) in [4.78, 5) is 0. The summed E-state index contributed by atoms with van der Waals surface area (Å²) in [5.41, 5.74) is 3.45. The molecular weight excluding hydrogens is 160 g/mol. The first-order chi connectivity index (χ1) is 6.40. The van der Waals surface area contributed by atoms with Gasteiger partial charge in [0.1, 0.15) is 0 Å². The Morgan fingerprint density at radius 3 is 3.08 bits per heavy atom. The summed E-state index contributed by atoms with van der Waals surface area (Å²) in [5, 5.41) is 12.1. The van der Waals surface area contributed by atoms with Gasteiger partial charge in [-0.25, -0.2) is 0 Å². The number of nitrogens with zero attached hydrogens (tertiary/aromatic N) is 1. The lowest BCUT2D eigenvalue weighted by Gasteiger charge is -2.04. The summed E-state index contributed by atoms with van der Waals surface area (Å²) in [6.07, 6.45) is 2.33. The topological polar surface area (TPSA) is 35.8 Å². The van der Waals surface area contributed by atoms with Crippen LogP contribution in [0.4, 0.5) is 0 Å². The maximum atomic E-state index is 8.74. The molecule has 0 saturated heterocycles. The third kappa shape index (κ3) is 1.71. The van der Waals surface area contributed by atoms with E-state index in [0.717, 1.165) is 25.1 Å². The van der Waals surface area contributed by atoms with Gasteiger partial charge < -0.3 is 5.32 Å². The van der Waals surface area contributed by atoms with Gasteiger partial charge >= 0.3 is 0 Å². The standard InChI is InChI=1S/C11H12N2/c12-7-9-3-4-10-2-1-5-13-8-11(10)6-9/h3-4,6,13H,1-2,5,8H2. The Kier molecular flexibility index (Phi) is 2.29. The molecule has 0 bridgehead atoms. The molecule has 2 nitrogen and oxygen atoms in total. The minimum Gasteiger partial charge on any atom is -0.313 e. The van der Waals surface area contributed by atoms with Crippen LogP contribution in [0.2, 0.25) is 0 Å². The minimum absolute atomic E-state index is 0.766. The molecule has 0 atom stereocenters. The second-order valence-electron chi connectivity index (χ2n) is 3.38. The van der Waals surface area contributed by atoms with Crippen molar-refractivity contribution in [3.8, 4) is 6.07 Å². The molecule has 0 aromatic heterocycles. The van der Waals surface area contributed by atoms with Crippen molar-refractivity contribution in [3.05, 3.63) is 34.9 Å². The second-order valence-corrected chi connectivity index (χ2v) is 3.38. The number of aryl methyl sites for hydroxylation is 1. The predicted octanol–water partition coefficient (Wildman–Crippen LogP) is 1.59. The van der Waals surface area contributed by atoms with Crippen molar-refractivity contribution in [3.63, 3.8) is 0 Å². The number of benzene rings is 1. The first-order valence-corrected chi connectivity index (χ1v) is 4.63. The van der Waals surface area contributed by atoms with E-state index in [1.807, 2.05) is 12.1 Å². The van der Waals surface area contributed by atoms with Crippen molar-refractivity contribution in [2.75, 3.05) is 6.54 Å². The van der Waals surface area contributed by atoms with Crippen molar-refractivity contribution in [1.82, 2.24) is 5.32 Å². The number of fused-ring (bicyclic) bond motifs is 1. The van der Waals surface area contributed by atoms with Crippen molar-refractivity contribution in [1.29, 1.82) is 5.26 Å². The van der Waals surface area contributed by atoms with Crippen molar-refractivity contribution in [2.45, 2.75) is 19.4 Å². The molecule has 1 N–H and O–H groups in total. The summed E-state index contributed by atoms with van der Waals surface area (Å²) in [6.45, 7) is 1.99. The maximum Gasteiger partial charge on any atom is 0.0991 e. The molecule has 0 aliphatic carbocycles. The van der Waals surface area contributed by atoms with E-state index in [9.17, 15) is 0 Å². The Labute approximate surface area is 78.2 Å². The van der Waals surface area contributed by atoms with E-state index in [-0.39, 0.29) is 0 Å². The molecule has 2 heteroatoms. The summed E-state index contributed by atoms with van der Waals surface area (Å²) < 4.78 is 0. The third-order valence-electron chi connectivity index (χ3n) is 2.45. The Morgan fingerprint density at radius 2 is 2.23 bits per heavy atom. The molecule has 0 radical (unpaired) electrons. The summed E-state index contributed by atoms with van der Waals surface area (Å²) in [6, 6.07) is 8.15. The lowest BCUT2D eigenvalue weighted by molar-refractivity contribution is 0.680. The Balaban J connectivity index is 2.39. The van der Waals surface area contributed by atoms with Gasteiger partial charge in [-0.3, -0.25) is 0 Å². The van der Waals surface area contributed by atoms with E-state index in [4.69, 9.17) is 5.26 Å². The third-order valence-corrected chi connectivity index (χ3v) is 2.45. The van der Waals surface area contributed by atoms with Gasteiger partial charge in [-0.1, -0.05) is 6.07 Å². The smallest absolute Gasteiger partial charge is 0.0991 e. The van der Waals surface area contributed by atoms with E-state index < -0.39 is 0 Å². The second kappa shape index (κ2) is 3.59. The van der Waals surface area contributed by atoms with Crippen LogP contribution in [0.1, 0.15) is 23.1 Å². The lowest BCUT2D eigenvalue weighted by Crippen LogP contribution is -2.11. The number of hydrogen-bond donors (Lipinski definition) is 1. The molecule has 0 fully saturated rings. The number of nitriles is 1. The number of hydrogen-bond acceptors (Lipinski definition) is 2. The zero-order valence-electron chi connectivity index (χ0n) is 7.51. The summed E-state index contributed by atoms with van der Waals surface area (Å²) in [5.74, 6) is 0. The summed E-state index contributed by atoms with van der Waals surface area (Å²) >= 11 is 0. The monoisotopic (exact) mass is 172 g/mol. The lowest BCUT2D eigenvalue weighted by atomic mass is 10.0. The van der Waals surface area contributed by atoms with Crippen LogP contribution < -0.4 is 5.32 Å². The zero-order valence-corrected chi connectivity index (χ0v) is 7.51. The van der Waals surface area contributed by atoms with Crippen LogP contribution in [0.15, 0.2) is 18.2 Å². The highest BCUT2D eigenvalue weighted by Gasteiger charge is 2.07. The Morgan fingerprint density at radius 1 is 1.31 bits per heavy atom. The average molecular weight is 172 g/mol.